The van der Waals surface area contributed by atoms with Crippen molar-refractivity contribution in [3.8, 4) is 11.1 Å². The molecular weight excluding hydrogens is 571 g/mol. The molecule has 0 aromatic heterocycles. The molecule has 3 amide bonds. The van der Waals surface area contributed by atoms with Crippen LogP contribution in [0.2, 0.25) is 0 Å². The highest BCUT2D eigenvalue weighted by Gasteiger charge is 2.41. The second-order valence-electron chi connectivity index (χ2n) is 9.79. The molecule has 4 atom stereocenters. The summed E-state index contributed by atoms with van der Waals surface area (Å²) >= 11 is 6.13. The number of likely N-dealkylation sites (tertiary alicyclic amines) is 1. The van der Waals surface area contributed by atoms with Gasteiger partial charge in [-0.25, -0.2) is 13.2 Å². The minimum Gasteiger partial charge on any atom is -0.391 e. The van der Waals surface area contributed by atoms with Crippen LogP contribution in [0.5, 0.6) is 0 Å². The first-order chi connectivity index (χ1) is 18.6. The van der Waals surface area contributed by atoms with Crippen LogP contribution in [0.15, 0.2) is 71.3 Å². The van der Waals surface area contributed by atoms with Crippen molar-refractivity contribution in [2.24, 2.45) is 5.92 Å². The molecule has 40 heavy (non-hydrogen) atoms. The lowest BCUT2D eigenvalue weighted by molar-refractivity contribution is -0.137. The van der Waals surface area contributed by atoms with Crippen molar-refractivity contribution in [2.45, 2.75) is 41.9 Å². The molecule has 13 heteroatoms. The summed E-state index contributed by atoms with van der Waals surface area (Å²) in [6, 6.07) is 6.80. The van der Waals surface area contributed by atoms with Gasteiger partial charge in [0.25, 0.3) is 0 Å². The number of nitrogens with zero attached hydrogens (tertiary/aromatic N) is 1. The second-order valence-corrected chi connectivity index (χ2v) is 12.3. The Morgan fingerprint density at radius 3 is 2.48 bits per heavy atom. The van der Waals surface area contributed by atoms with Gasteiger partial charge in [-0.05, 0) is 35.8 Å². The average Bonchev–Trinajstić information content (AvgIpc) is 3.27. The van der Waals surface area contributed by atoms with Gasteiger partial charge in [0.05, 0.1) is 27.6 Å². The van der Waals surface area contributed by atoms with E-state index in [2.05, 4.69) is 10.6 Å². The standard InChI is InChI=1S/C27H27ClF3N3O5S/c1-15-11-17(8-9-21(15)28)32-26(37)34-14-18(35)13-23(34)25(36)33-22-10-7-16(12-20(22)27(29,30)31)19-5-3-4-6-24(19)40(2,38)39/h3-12,15,18,21,23,35H,13-14H2,1-2H3,(H,32,37)(H,33,36)/t15?,18-,21?,23-/m1/s1. The third-order valence-electron chi connectivity index (χ3n) is 6.68. The zero-order chi connectivity index (χ0) is 29.4. The van der Waals surface area contributed by atoms with E-state index in [1.54, 1.807) is 18.2 Å². The summed E-state index contributed by atoms with van der Waals surface area (Å²) in [5.41, 5.74) is -1.25. The number of hydrogen-bond acceptors (Lipinski definition) is 5. The number of hydrogen-bond donors (Lipinski definition) is 3. The monoisotopic (exact) mass is 597 g/mol. The number of halogens is 4. The van der Waals surface area contributed by atoms with E-state index in [1.807, 2.05) is 6.92 Å². The van der Waals surface area contributed by atoms with Gasteiger partial charge in [0.2, 0.25) is 5.91 Å². The molecule has 2 unspecified atom stereocenters. The quantitative estimate of drug-likeness (QED) is 0.437. The Kier molecular flexibility index (Phi) is 8.34. The first kappa shape index (κ1) is 29.6. The summed E-state index contributed by atoms with van der Waals surface area (Å²) in [7, 11) is -3.74. The number of carbonyl (C=O) groups is 2. The maximum atomic E-state index is 14.1. The molecule has 2 aliphatic rings. The van der Waals surface area contributed by atoms with E-state index in [-0.39, 0.29) is 40.3 Å². The van der Waals surface area contributed by atoms with Gasteiger partial charge >= 0.3 is 12.2 Å². The predicted octanol–water partition coefficient (Wildman–Crippen LogP) is 4.56. The molecule has 0 saturated carbocycles. The number of urea groups is 1. The lowest BCUT2D eigenvalue weighted by Crippen LogP contribution is -2.47. The van der Waals surface area contributed by atoms with E-state index in [0.29, 0.717) is 5.70 Å². The van der Waals surface area contributed by atoms with Gasteiger partial charge < -0.3 is 20.6 Å². The molecule has 1 aliphatic carbocycles. The van der Waals surface area contributed by atoms with Crippen LogP contribution in [0.3, 0.4) is 0 Å². The first-order valence-corrected chi connectivity index (χ1v) is 14.6. The summed E-state index contributed by atoms with van der Waals surface area (Å²) in [6.07, 6.45) is -0.134. The van der Waals surface area contributed by atoms with Crippen molar-refractivity contribution in [3.63, 3.8) is 0 Å². The molecule has 1 aliphatic heterocycles. The summed E-state index contributed by atoms with van der Waals surface area (Å²) in [6.45, 7) is 1.66. The van der Waals surface area contributed by atoms with E-state index in [9.17, 15) is 36.3 Å². The van der Waals surface area contributed by atoms with Gasteiger partial charge in [-0.3, -0.25) is 4.79 Å². The van der Waals surface area contributed by atoms with Crippen molar-refractivity contribution >= 4 is 39.1 Å². The second kappa shape index (κ2) is 11.3. The van der Waals surface area contributed by atoms with Crippen molar-refractivity contribution in [1.82, 2.24) is 10.2 Å². The Morgan fingerprint density at radius 2 is 1.82 bits per heavy atom. The number of β-amino-alcohol motifs (C(OH)–C–C–N with tert-alkyl or cyclic N) is 1. The summed E-state index contributed by atoms with van der Waals surface area (Å²) in [4.78, 5) is 27.0. The minimum atomic E-state index is -4.90. The van der Waals surface area contributed by atoms with Crippen LogP contribution in [-0.2, 0) is 20.8 Å². The highest BCUT2D eigenvalue weighted by molar-refractivity contribution is 7.90. The van der Waals surface area contributed by atoms with Gasteiger partial charge in [-0.2, -0.15) is 13.2 Å². The number of aliphatic hydroxyl groups excluding tert-OH is 1. The molecule has 0 spiro atoms. The molecule has 0 radical (unpaired) electrons. The molecular formula is C27H27ClF3N3O5S. The Hall–Kier alpha value is -3.35. The molecule has 1 heterocycles. The average molecular weight is 598 g/mol. The molecule has 1 fully saturated rings. The first-order valence-electron chi connectivity index (χ1n) is 12.3. The highest BCUT2D eigenvalue weighted by atomic mass is 35.5. The number of carbonyl (C=O) groups excluding carboxylic acids is 2. The van der Waals surface area contributed by atoms with Crippen molar-refractivity contribution in [1.29, 1.82) is 0 Å². The molecule has 214 valence electrons. The van der Waals surface area contributed by atoms with Crippen LogP contribution in [0.1, 0.15) is 18.9 Å². The highest BCUT2D eigenvalue weighted by Crippen LogP contribution is 2.39. The molecule has 1 saturated heterocycles. The third-order valence-corrected chi connectivity index (χ3v) is 8.38. The Balaban J connectivity index is 1.60. The number of sulfone groups is 1. The van der Waals surface area contributed by atoms with Gasteiger partial charge in [0, 0.05) is 30.5 Å². The maximum Gasteiger partial charge on any atom is 0.418 e. The van der Waals surface area contributed by atoms with Crippen molar-refractivity contribution in [3.05, 3.63) is 72.0 Å². The lowest BCUT2D eigenvalue weighted by Gasteiger charge is -2.26. The number of amides is 3. The van der Waals surface area contributed by atoms with E-state index in [0.717, 1.165) is 23.3 Å². The number of benzene rings is 2. The molecule has 4 rings (SSSR count). The number of alkyl halides is 4. The lowest BCUT2D eigenvalue weighted by atomic mass is 10.0. The van der Waals surface area contributed by atoms with Crippen LogP contribution in [0, 0.1) is 5.92 Å². The number of aliphatic hydroxyl groups is 1. The largest absolute Gasteiger partial charge is 0.418 e. The van der Waals surface area contributed by atoms with E-state index >= 15 is 0 Å². The van der Waals surface area contributed by atoms with Gasteiger partial charge in [-0.1, -0.05) is 43.3 Å². The fourth-order valence-corrected chi connectivity index (χ4v) is 5.72. The fourth-order valence-electron chi connectivity index (χ4n) is 4.67. The van der Waals surface area contributed by atoms with Gasteiger partial charge in [-0.15, -0.1) is 11.6 Å². The number of anilines is 1. The number of rotatable bonds is 5. The summed E-state index contributed by atoms with van der Waals surface area (Å²) in [5, 5.41) is 14.8. The molecule has 2 aromatic rings. The summed E-state index contributed by atoms with van der Waals surface area (Å²) < 4.78 is 66.6. The Labute approximate surface area is 234 Å². The smallest absolute Gasteiger partial charge is 0.391 e. The predicted molar refractivity (Wildman–Crippen MR) is 144 cm³/mol. The Bertz CT molecular complexity index is 1490. The van der Waals surface area contributed by atoms with Crippen LogP contribution < -0.4 is 10.6 Å². The normalized spacial score (nSPS) is 23.1. The van der Waals surface area contributed by atoms with E-state index in [1.165, 1.54) is 30.3 Å². The van der Waals surface area contributed by atoms with Crippen molar-refractivity contribution < 1.29 is 36.3 Å². The SMILES string of the molecule is CC1C=C(NC(=O)N2C[C@H](O)C[C@@H]2C(=O)Nc2ccc(-c3ccccc3S(C)(=O)=O)cc2C(F)(F)F)C=CC1Cl. The fraction of sp³-hybridized carbons (Fsp3) is 0.333. The third kappa shape index (κ3) is 6.51. The molecule has 2 aromatic carbocycles. The minimum absolute atomic E-state index is 0.00846. The maximum absolute atomic E-state index is 14.1. The van der Waals surface area contributed by atoms with Crippen LogP contribution in [-0.4, -0.2) is 60.7 Å². The topological polar surface area (TPSA) is 116 Å². The van der Waals surface area contributed by atoms with E-state index < -0.39 is 51.3 Å². The molecule has 3 N–H and O–H groups in total. The van der Waals surface area contributed by atoms with Gasteiger partial charge in [0.15, 0.2) is 9.84 Å². The zero-order valence-electron chi connectivity index (χ0n) is 21.4. The van der Waals surface area contributed by atoms with Crippen LogP contribution in [0.25, 0.3) is 11.1 Å². The number of allylic oxidation sites excluding steroid dienone is 3. The van der Waals surface area contributed by atoms with Crippen LogP contribution in [0.4, 0.5) is 23.7 Å². The Morgan fingerprint density at radius 1 is 1.12 bits per heavy atom. The molecule has 0 bridgehead atoms. The zero-order valence-corrected chi connectivity index (χ0v) is 23.0. The number of nitrogens with one attached hydrogen (secondary N) is 2. The van der Waals surface area contributed by atoms with Crippen LogP contribution >= 0.6 is 11.6 Å². The van der Waals surface area contributed by atoms with Gasteiger partial charge in [0.1, 0.15) is 6.04 Å². The molecule has 8 nitrogen and oxygen atoms in total. The van der Waals surface area contributed by atoms with E-state index in [4.69, 9.17) is 11.6 Å². The summed E-state index contributed by atoms with van der Waals surface area (Å²) in [5.74, 6) is -0.984. The van der Waals surface area contributed by atoms with Crippen molar-refractivity contribution in [2.75, 3.05) is 18.1 Å².